The van der Waals surface area contributed by atoms with Gasteiger partial charge < -0.3 is 14.7 Å². The molecule has 0 atom stereocenters. The topological polar surface area (TPSA) is 133 Å². The summed E-state index contributed by atoms with van der Waals surface area (Å²) in [6.07, 6.45) is 23.5. The van der Waals surface area contributed by atoms with Crippen molar-refractivity contribution in [1.29, 1.82) is 0 Å². The van der Waals surface area contributed by atoms with Crippen LogP contribution in [0.4, 0.5) is 0 Å². The largest absolute Gasteiger partial charge is 0.391 e. The highest BCUT2D eigenvalue weighted by Gasteiger charge is 2.19. The molecule has 0 aromatic heterocycles. The predicted octanol–water partition coefficient (Wildman–Crippen LogP) is 0.699. The van der Waals surface area contributed by atoms with Crippen LogP contribution in [-0.2, 0) is 0 Å². The minimum Gasteiger partial charge on any atom is -0.391 e. The van der Waals surface area contributed by atoms with Crippen molar-refractivity contribution in [3.05, 3.63) is 12.2 Å². The van der Waals surface area contributed by atoms with E-state index in [2.05, 4.69) is 26.1 Å². The molecule has 0 unspecified atom stereocenters. The van der Waals surface area contributed by atoms with Gasteiger partial charge in [-0.2, -0.15) is 0 Å². The molecule has 0 radical (unpaired) electrons. The average molecular weight is 470 g/mol. The van der Waals surface area contributed by atoms with Crippen LogP contribution in [0.25, 0.3) is 0 Å². The molecule has 7 nitrogen and oxygen atoms in total. The minimum absolute atomic E-state index is 0.211. The van der Waals surface area contributed by atoms with Gasteiger partial charge in [0.15, 0.2) is 0 Å². The molecule has 0 aromatic rings. The Morgan fingerprint density at radius 3 is 1.35 bits per heavy atom. The zero-order valence-corrected chi connectivity index (χ0v) is 20.7. The molecule has 0 aromatic carbocycles. The number of likely N-dealkylation sites (N-methyl/N-ethyl adjacent to an activating group) is 1. The van der Waals surface area contributed by atoms with Gasteiger partial charge in [-0.25, -0.2) is 18.6 Å². The van der Waals surface area contributed by atoms with Crippen LogP contribution >= 0.6 is 0 Å². The summed E-state index contributed by atoms with van der Waals surface area (Å²) >= 11 is 0. The smallest absolute Gasteiger partial charge is 0.102 e. The van der Waals surface area contributed by atoms with Gasteiger partial charge in [0.05, 0.1) is 26.8 Å². The molecule has 0 aliphatic carbocycles. The molecule has 0 fully saturated rings. The van der Waals surface area contributed by atoms with Gasteiger partial charge in [-0.3, -0.25) is 0 Å². The molecule has 0 rings (SSSR count). The van der Waals surface area contributed by atoms with Crippen LogP contribution in [-0.4, -0.2) is 54.6 Å². The molecule has 0 spiro atoms. The molecular weight excluding hydrogens is 422 g/mol. The van der Waals surface area contributed by atoms with Crippen LogP contribution in [0.1, 0.15) is 96.8 Å². The summed E-state index contributed by atoms with van der Waals surface area (Å²) in [7, 11) is -2.80. The first-order chi connectivity index (χ1) is 14.7. The molecule has 0 saturated carbocycles. The molecule has 0 saturated heterocycles. The first-order valence-electron chi connectivity index (χ1n) is 12.0. The molecule has 0 aliphatic heterocycles. The van der Waals surface area contributed by atoms with Crippen LogP contribution in [0.5, 0.6) is 0 Å². The van der Waals surface area contributed by atoms with E-state index >= 15 is 0 Å². The van der Waals surface area contributed by atoms with E-state index in [0.717, 1.165) is 24.1 Å². The average Bonchev–Trinajstić information content (AvgIpc) is 2.67. The van der Waals surface area contributed by atoms with Crippen molar-refractivity contribution in [2.75, 3.05) is 39.9 Å². The molecule has 8 heteroatoms. The first-order valence-corrected chi connectivity index (χ1v) is 13.2. The van der Waals surface area contributed by atoms with Gasteiger partial charge in [-0.1, -0.05) is 70.4 Å². The Morgan fingerprint density at radius 1 is 0.613 bits per heavy atom. The summed E-state index contributed by atoms with van der Waals surface area (Å²) in [5.41, 5.74) is 0. The van der Waals surface area contributed by atoms with Gasteiger partial charge in [0.25, 0.3) is 0 Å². The monoisotopic (exact) mass is 469 g/mol. The number of aliphatic hydroxyl groups excluding tert-OH is 2. The summed E-state index contributed by atoms with van der Waals surface area (Å²) in [5.74, 6) is 0. The SMILES string of the molecule is CCCCCCCC/C=C\CCCCCCCC[N+](C)(CCO)CCO.[O-][Cl+3]([O-])([O-])[O-]. The van der Waals surface area contributed by atoms with Gasteiger partial charge in [0, 0.05) is 0 Å². The molecule has 0 heterocycles. The molecule has 0 bridgehead atoms. The van der Waals surface area contributed by atoms with Gasteiger partial charge in [0.1, 0.15) is 13.1 Å². The lowest BCUT2D eigenvalue weighted by atomic mass is 10.1. The fraction of sp³-hybridized carbons (Fsp3) is 0.913. The fourth-order valence-corrected chi connectivity index (χ4v) is 3.56. The molecular formula is C23H48ClNO6. The summed E-state index contributed by atoms with van der Waals surface area (Å²) in [6.45, 7) is 5.28. The Morgan fingerprint density at radius 2 is 0.968 bits per heavy atom. The standard InChI is InChI=1S/C23H48NO2.ClHO4/c1-3-4-5-6-7-8-9-10-11-12-13-14-15-16-17-18-19-24(2,20-22-25)21-23-26;2-1(3,4)5/h10-11,25-26H,3-9,12-23H2,1-2H3;(H,2,3,4,5)/q+1;/p-1/b11-10-;. The fourth-order valence-electron chi connectivity index (χ4n) is 3.56. The van der Waals surface area contributed by atoms with E-state index in [4.69, 9.17) is 28.8 Å². The van der Waals surface area contributed by atoms with Gasteiger partial charge in [-0.05, 0) is 38.5 Å². The summed E-state index contributed by atoms with van der Waals surface area (Å²) in [5, 5.41) is 18.3. The number of aliphatic hydroxyl groups is 2. The van der Waals surface area contributed by atoms with Crippen molar-refractivity contribution >= 4 is 0 Å². The van der Waals surface area contributed by atoms with E-state index in [1.165, 1.54) is 89.9 Å². The number of nitrogens with zero attached hydrogens (tertiary/aromatic N) is 1. The Labute approximate surface area is 192 Å². The Hall–Kier alpha value is -0.250. The third kappa shape index (κ3) is 32.0. The number of unbranched alkanes of at least 4 members (excludes halogenated alkanes) is 12. The van der Waals surface area contributed by atoms with Crippen LogP contribution < -0.4 is 18.6 Å². The third-order valence-electron chi connectivity index (χ3n) is 5.49. The van der Waals surface area contributed by atoms with Crippen LogP contribution in [0.2, 0.25) is 0 Å². The maximum absolute atomic E-state index is 9.16. The third-order valence-corrected chi connectivity index (χ3v) is 5.49. The van der Waals surface area contributed by atoms with Gasteiger partial charge in [-0.15, -0.1) is 10.2 Å². The van der Waals surface area contributed by atoms with Crippen molar-refractivity contribution in [2.24, 2.45) is 0 Å². The second kappa shape index (κ2) is 22.9. The molecule has 31 heavy (non-hydrogen) atoms. The maximum atomic E-state index is 9.16. The number of allylic oxidation sites excluding steroid dienone is 2. The van der Waals surface area contributed by atoms with Gasteiger partial charge >= 0.3 is 0 Å². The van der Waals surface area contributed by atoms with E-state index in [1.54, 1.807) is 0 Å². The predicted molar refractivity (Wildman–Crippen MR) is 114 cm³/mol. The molecule has 2 N–H and O–H groups in total. The summed E-state index contributed by atoms with van der Waals surface area (Å²) in [6, 6.07) is 0. The second-order valence-corrected chi connectivity index (χ2v) is 9.31. The normalized spacial score (nSPS) is 12.3. The number of rotatable bonds is 20. The Bertz CT molecular complexity index is 379. The Balaban J connectivity index is 0. The van der Waals surface area contributed by atoms with Crippen LogP contribution in [0, 0.1) is 10.2 Å². The zero-order valence-electron chi connectivity index (χ0n) is 19.9. The highest BCUT2D eigenvalue weighted by Crippen LogP contribution is 2.11. The van der Waals surface area contributed by atoms with E-state index in [9.17, 15) is 0 Å². The first kappa shape index (κ1) is 32.9. The van der Waals surface area contributed by atoms with E-state index in [1.807, 2.05) is 0 Å². The van der Waals surface area contributed by atoms with E-state index in [-0.39, 0.29) is 13.2 Å². The second-order valence-electron chi connectivity index (χ2n) is 8.55. The number of quaternary nitrogens is 1. The molecule has 188 valence electrons. The number of hydrogen-bond donors (Lipinski definition) is 2. The number of hydrogen-bond acceptors (Lipinski definition) is 6. The maximum Gasteiger partial charge on any atom is 0.102 e. The van der Waals surface area contributed by atoms with Crippen LogP contribution in [0.15, 0.2) is 12.2 Å². The van der Waals surface area contributed by atoms with Crippen molar-refractivity contribution in [3.8, 4) is 0 Å². The van der Waals surface area contributed by atoms with Crippen LogP contribution in [0.3, 0.4) is 0 Å². The summed E-state index contributed by atoms with van der Waals surface area (Å²) < 4.78 is 34.8. The van der Waals surface area contributed by atoms with E-state index < -0.39 is 10.2 Å². The van der Waals surface area contributed by atoms with Gasteiger partial charge in [0.2, 0.25) is 0 Å². The summed E-state index contributed by atoms with van der Waals surface area (Å²) in [4.78, 5) is 0. The highest BCUT2D eigenvalue weighted by molar-refractivity contribution is 4.81. The molecule has 0 aliphatic rings. The quantitative estimate of drug-likeness (QED) is 0.153. The van der Waals surface area contributed by atoms with Crippen molar-refractivity contribution < 1.29 is 43.6 Å². The molecule has 0 amide bonds. The lowest BCUT2D eigenvalue weighted by Gasteiger charge is -2.33. The number of halogens is 1. The highest BCUT2D eigenvalue weighted by atomic mass is 35.7. The van der Waals surface area contributed by atoms with E-state index in [0.29, 0.717) is 0 Å². The minimum atomic E-state index is -4.94. The van der Waals surface area contributed by atoms with Crippen molar-refractivity contribution in [2.45, 2.75) is 96.8 Å². The zero-order chi connectivity index (χ0) is 23.8. The van der Waals surface area contributed by atoms with Crippen molar-refractivity contribution in [1.82, 2.24) is 0 Å². The van der Waals surface area contributed by atoms with Crippen molar-refractivity contribution in [3.63, 3.8) is 0 Å². The Kier molecular flexibility index (Phi) is 24.4. The lowest BCUT2D eigenvalue weighted by molar-refractivity contribution is -2.00. The lowest BCUT2D eigenvalue weighted by Crippen LogP contribution is -2.68.